The summed E-state index contributed by atoms with van der Waals surface area (Å²) in [6.45, 7) is 1.84. The molecule has 0 aliphatic heterocycles. The second-order valence-electron chi connectivity index (χ2n) is 6.97. The minimum absolute atomic E-state index is 0.0230. The van der Waals surface area contributed by atoms with Gasteiger partial charge in [0.15, 0.2) is 0 Å². The average molecular weight is 347 g/mol. The van der Waals surface area contributed by atoms with E-state index >= 15 is 0 Å². The lowest BCUT2D eigenvalue weighted by Crippen LogP contribution is -2.40. The Morgan fingerprint density at radius 3 is 2.43 bits per heavy atom. The number of halogens is 2. The van der Waals surface area contributed by atoms with E-state index in [-0.39, 0.29) is 22.3 Å². The van der Waals surface area contributed by atoms with Gasteiger partial charge in [-0.15, -0.1) is 0 Å². The van der Waals surface area contributed by atoms with Crippen LogP contribution in [0.25, 0.3) is 0 Å². The van der Waals surface area contributed by atoms with Crippen molar-refractivity contribution < 1.29 is 17.2 Å². The summed E-state index contributed by atoms with van der Waals surface area (Å²) in [5.74, 6) is 1.65. The van der Waals surface area contributed by atoms with Crippen LogP contribution >= 0.6 is 0 Å². The molecule has 0 radical (unpaired) electrons. The highest BCUT2D eigenvalue weighted by Crippen LogP contribution is 2.49. The summed E-state index contributed by atoms with van der Waals surface area (Å²) in [4.78, 5) is -0.118. The van der Waals surface area contributed by atoms with Crippen molar-refractivity contribution in [1.29, 1.82) is 0 Å². The van der Waals surface area contributed by atoms with Crippen molar-refractivity contribution in [3.05, 3.63) is 11.4 Å². The molecule has 2 aliphatic rings. The summed E-state index contributed by atoms with van der Waals surface area (Å²) < 4.78 is 54.3. The largest absolute Gasteiger partial charge is 0.333 e. The maximum Gasteiger partial charge on any atom is 0.333 e. The minimum Gasteiger partial charge on any atom is -0.208 e. The van der Waals surface area contributed by atoms with Crippen molar-refractivity contribution in [3.63, 3.8) is 0 Å². The lowest BCUT2D eigenvalue weighted by Gasteiger charge is -2.28. The number of aromatic nitrogens is 2. The second-order valence-corrected chi connectivity index (χ2v) is 8.62. The van der Waals surface area contributed by atoms with Gasteiger partial charge >= 0.3 is 6.55 Å². The van der Waals surface area contributed by atoms with Crippen molar-refractivity contribution in [2.75, 3.05) is 0 Å². The van der Waals surface area contributed by atoms with Crippen LogP contribution in [0.3, 0.4) is 0 Å². The van der Waals surface area contributed by atoms with Crippen LogP contribution < -0.4 is 4.72 Å². The molecule has 0 saturated heterocycles. The molecule has 2 fully saturated rings. The fourth-order valence-corrected chi connectivity index (χ4v) is 6.22. The third-order valence-electron chi connectivity index (χ3n) is 5.49. The van der Waals surface area contributed by atoms with Gasteiger partial charge in [0.1, 0.15) is 4.90 Å². The average Bonchev–Trinajstić information content (AvgIpc) is 3.12. The van der Waals surface area contributed by atoms with Crippen LogP contribution in [0.2, 0.25) is 0 Å². The van der Waals surface area contributed by atoms with E-state index in [0.29, 0.717) is 16.5 Å². The Morgan fingerprint density at radius 1 is 1.26 bits per heavy atom. The van der Waals surface area contributed by atoms with Gasteiger partial charge in [0.25, 0.3) is 0 Å². The summed E-state index contributed by atoms with van der Waals surface area (Å²) in [7, 11) is -3.85. The first kappa shape index (κ1) is 16.8. The van der Waals surface area contributed by atoms with Crippen LogP contribution in [0.4, 0.5) is 8.78 Å². The van der Waals surface area contributed by atoms with Gasteiger partial charge in [-0.25, -0.2) is 17.8 Å². The molecule has 5 nitrogen and oxygen atoms in total. The van der Waals surface area contributed by atoms with E-state index in [4.69, 9.17) is 0 Å². The van der Waals surface area contributed by atoms with E-state index in [0.717, 1.165) is 12.3 Å². The Labute approximate surface area is 135 Å². The smallest absolute Gasteiger partial charge is 0.208 e. The normalized spacial score (nSPS) is 28.7. The standard InChI is InChI=1S/C15H23F2N3O2S/c1-8(13-7-11-4-5-12(13)6-11)19-23(21,22)14-9(2)18-20(10(14)3)15(16)17/h8,11-13,15,19H,4-7H2,1-3H3/t8-,11-,12-,13-/m1/s1. The fraction of sp³-hybridized carbons (Fsp3) is 0.800. The molecule has 1 heterocycles. The number of hydrogen-bond acceptors (Lipinski definition) is 3. The van der Waals surface area contributed by atoms with E-state index in [1.807, 2.05) is 6.92 Å². The molecule has 8 heteroatoms. The zero-order chi connectivity index (χ0) is 16.9. The molecule has 23 heavy (non-hydrogen) atoms. The third kappa shape index (κ3) is 2.91. The zero-order valence-electron chi connectivity index (χ0n) is 13.6. The molecule has 0 amide bonds. The highest BCUT2D eigenvalue weighted by Gasteiger charge is 2.43. The van der Waals surface area contributed by atoms with Crippen LogP contribution in [-0.4, -0.2) is 24.2 Å². The SMILES string of the molecule is Cc1nn(C(F)F)c(C)c1S(=O)(=O)N[C@H](C)[C@H]1C[C@@H]2CC[C@@H]1C2. The number of alkyl halides is 2. The molecule has 1 N–H and O–H groups in total. The maximum absolute atomic E-state index is 12.9. The van der Waals surface area contributed by atoms with Gasteiger partial charge in [-0.2, -0.15) is 13.9 Å². The van der Waals surface area contributed by atoms with Gasteiger partial charge in [-0.05, 0) is 57.8 Å². The van der Waals surface area contributed by atoms with Gasteiger partial charge < -0.3 is 0 Å². The second kappa shape index (κ2) is 5.81. The molecule has 3 rings (SSSR count). The van der Waals surface area contributed by atoms with Crippen molar-refractivity contribution in [2.45, 2.75) is 63.9 Å². The van der Waals surface area contributed by atoms with Crippen LogP contribution in [0.1, 0.15) is 50.5 Å². The van der Waals surface area contributed by atoms with Crippen LogP contribution in [0.5, 0.6) is 0 Å². The van der Waals surface area contributed by atoms with Gasteiger partial charge in [-0.3, -0.25) is 0 Å². The van der Waals surface area contributed by atoms with Gasteiger partial charge in [-0.1, -0.05) is 6.42 Å². The van der Waals surface area contributed by atoms with Gasteiger partial charge in [0, 0.05) is 6.04 Å². The Bertz CT molecular complexity index is 702. The zero-order valence-corrected chi connectivity index (χ0v) is 14.4. The number of fused-ring (bicyclic) bond motifs is 2. The van der Waals surface area contributed by atoms with E-state index < -0.39 is 16.6 Å². The van der Waals surface area contributed by atoms with Gasteiger partial charge in [0.05, 0.1) is 11.4 Å². The molecule has 0 aromatic carbocycles. The molecule has 0 spiro atoms. The van der Waals surface area contributed by atoms with Crippen LogP contribution in [0, 0.1) is 31.6 Å². The Balaban J connectivity index is 1.82. The number of aryl methyl sites for hydroxylation is 1. The van der Waals surface area contributed by atoms with Crippen molar-refractivity contribution in [1.82, 2.24) is 14.5 Å². The molecule has 4 atom stereocenters. The summed E-state index contributed by atoms with van der Waals surface area (Å²) in [6.07, 6.45) is 4.67. The first-order valence-corrected chi connectivity index (χ1v) is 9.55. The topological polar surface area (TPSA) is 64.0 Å². The number of hydrogen-bond donors (Lipinski definition) is 1. The summed E-state index contributed by atoms with van der Waals surface area (Å²) >= 11 is 0. The first-order valence-electron chi connectivity index (χ1n) is 8.07. The fourth-order valence-electron chi connectivity index (χ4n) is 4.52. The maximum atomic E-state index is 12.9. The molecule has 2 bridgehead atoms. The van der Waals surface area contributed by atoms with Crippen LogP contribution in [0.15, 0.2) is 4.90 Å². The highest BCUT2D eigenvalue weighted by molar-refractivity contribution is 7.89. The predicted octanol–water partition coefficient (Wildman–Crippen LogP) is 3.00. The van der Waals surface area contributed by atoms with E-state index in [1.165, 1.54) is 33.1 Å². The van der Waals surface area contributed by atoms with Crippen molar-refractivity contribution in [3.8, 4) is 0 Å². The monoisotopic (exact) mass is 347 g/mol. The summed E-state index contributed by atoms with van der Waals surface area (Å²) in [5, 5.41) is 3.67. The molecule has 130 valence electrons. The lowest BCUT2D eigenvalue weighted by atomic mass is 9.84. The Morgan fingerprint density at radius 2 is 1.96 bits per heavy atom. The van der Waals surface area contributed by atoms with Crippen molar-refractivity contribution >= 4 is 10.0 Å². The molecular formula is C15H23F2N3O2S. The highest BCUT2D eigenvalue weighted by atomic mass is 32.2. The Kier molecular flexibility index (Phi) is 4.25. The lowest BCUT2D eigenvalue weighted by molar-refractivity contribution is 0.0538. The van der Waals surface area contributed by atoms with Crippen molar-refractivity contribution in [2.24, 2.45) is 17.8 Å². The number of sulfonamides is 1. The number of rotatable bonds is 5. The van der Waals surface area contributed by atoms with E-state index in [9.17, 15) is 17.2 Å². The summed E-state index contributed by atoms with van der Waals surface area (Å²) in [6, 6.07) is -0.191. The molecule has 2 aliphatic carbocycles. The quantitative estimate of drug-likeness (QED) is 0.890. The van der Waals surface area contributed by atoms with Gasteiger partial charge in [0.2, 0.25) is 10.0 Å². The molecule has 1 aromatic heterocycles. The molecule has 1 aromatic rings. The number of nitrogens with zero attached hydrogens (tertiary/aromatic N) is 2. The van der Waals surface area contributed by atoms with E-state index in [2.05, 4.69) is 9.82 Å². The first-order chi connectivity index (χ1) is 10.7. The minimum atomic E-state index is -3.85. The number of nitrogens with one attached hydrogen (secondary N) is 1. The third-order valence-corrected chi connectivity index (χ3v) is 7.30. The molecular weight excluding hydrogens is 324 g/mol. The van der Waals surface area contributed by atoms with E-state index in [1.54, 1.807) is 0 Å². The molecule has 2 saturated carbocycles. The Hall–Kier alpha value is -1.02. The van der Waals surface area contributed by atoms with Crippen LogP contribution in [-0.2, 0) is 10.0 Å². The molecule has 0 unspecified atom stereocenters. The predicted molar refractivity (Wildman–Crippen MR) is 81.7 cm³/mol. The summed E-state index contributed by atoms with van der Waals surface area (Å²) in [5.41, 5.74) is 0.0839.